The molecule has 0 spiro atoms. The predicted octanol–water partition coefficient (Wildman–Crippen LogP) is 8.38. The van der Waals surface area contributed by atoms with Gasteiger partial charge in [-0.05, 0) is 97.6 Å². The van der Waals surface area contributed by atoms with Crippen LogP contribution < -0.4 is 4.90 Å². The van der Waals surface area contributed by atoms with Gasteiger partial charge < -0.3 is 10.0 Å². The molecule has 5 rings (SSSR count). The van der Waals surface area contributed by atoms with E-state index in [-0.39, 0.29) is 16.8 Å². The highest BCUT2D eigenvalue weighted by molar-refractivity contribution is 7.99. The maximum Gasteiger partial charge on any atom is 0.416 e. The first-order valence-electron chi connectivity index (χ1n) is 12.3. The number of carbonyl (C=O) groups is 2. The summed E-state index contributed by atoms with van der Waals surface area (Å²) < 4.78 is 38.6. The fourth-order valence-electron chi connectivity index (χ4n) is 4.13. The van der Waals surface area contributed by atoms with E-state index in [2.05, 4.69) is 9.88 Å². The number of benzene rings is 3. The Hall–Kier alpha value is -3.82. The lowest BCUT2D eigenvalue weighted by Gasteiger charge is -2.25. The zero-order valence-electron chi connectivity index (χ0n) is 20.9. The van der Waals surface area contributed by atoms with Gasteiger partial charge >= 0.3 is 12.1 Å². The fourth-order valence-corrected chi connectivity index (χ4v) is 5.18. The van der Waals surface area contributed by atoms with Crippen LogP contribution in [0, 0.1) is 5.92 Å². The Balaban J connectivity index is 1.36. The first kappa shape index (κ1) is 27.7. The number of carboxylic acid groups (broad SMARTS) is 1. The molecule has 204 valence electrons. The maximum absolute atomic E-state index is 13.2. The summed E-state index contributed by atoms with van der Waals surface area (Å²) in [6, 6.07) is 19.6. The van der Waals surface area contributed by atoms with Crippen molar-refractivity contribution in [3.63, 3.8) is 0 Å². The monoisotopic (exact) mass is 582 g/mol. The third kappa shape index (κ3) is 6.48. The van der Waals surface area contributed by atoms with Gasteiger partial charge in [-0.15, -0.1) is 0 Å². The smallest absolute Gasteiger partial charge is 0.416 e. The number of ketones is 1. The van der Waals surface area contributed by atoms with Crippen molar-refractivity contribution in [3.8, 4) is 0 Å². The number of carboxylic acids is 1. The van der Waals surface area contributed by atoms with Crippen LogP contribution in [0.2, 0.25) is 5.02 Å². The molecule has 0 atom stereocenters. The van der Waals surface area contributed by atoms with E-state index in [0.717, 1.165) is 54.7 Å². The number of hydrogen-bond acceptors (Lipinski definition) is 5. The van der Waals surface area contributed by atoms with E-state index in [1.807, 2.05) is 30.3 Å². The molecule has 0 unspecified atom stereocenters. The lowest BCUT2D eigenvalue weighted by molar-refractivity contribution is -0.137. The van der Waals surface area contributed by atoms with E-state index in [9.17, 15) is 27.9 Å². The zero-order chi connectivity index (χ0) is 28.4. The van der Waals surface area contributed by atoms with Crippen molar-refractivity contribution in [3.05, 3.63) is 112 Å². The maximum atomic E-state index is 13.2. The molecule has 1 saturated carbocycles. The zero-order valence-corrected chi connectivity index (χ0v) is 22.4. The summed E-state index contributed by atoms with van der Waals surface area (Å²) >= 11 is 7.05. The molecule has 0 radical (unpaired) electrons. The Morgan fingerprint density at radius 1 is 0.950 bits per heavy atom. The molecule has 5 nitrogen and oxygen atoms in total. The van der Waals surface area contributed by atoms with Crippen molar-refractivity contribution in [1.82, 2.24) is 4.98 Å². The van der Waals surface area contributed by atoms with Crippen molar-refractivity contribution in [1.29, 1.82) is 0 Å². The summed E-state index contributed by atoms with van der Waals surface area (Å²) in [5.41, 5.74) is 1.15. The van der Waals surface area contributed by atoms with Gasteiger partial charge in [-0.1, -0.05) is 23.4 Å². The van der Waals surface area contributed by atoms with Crippen molar-refractivity contribution in [2.24, 2.45) is 5.92 Å². The molecule has 3 aromatic carbocycles. The Morgan fingerprint density at radius 3 is 2.20 bits per heavy atom. The molecular weight excluding hydrogens is 561 g/mol. The number of carbonyl (C=O) groups excluding carboxylic acids is 1. The molecule has 1 aliphatic carbocycles. The summed E-state index contributed by atoms with van der Waals surface area (Å²) in [7, 11) is 0. The molecule has 1 heterocycles. The van der Waals surface area contributed by atoms with Crippen LogP contribution in [0.3, 0.4) is 0 Å². The highest BCUT2D eigenvalue weighted by atomic mass is 35.5. The summed E-state index contributed by atoms with van der Waals surface area (Å²) in [6.45, 7) is 0.816. The minimum absolute atomic E-state index is 0.134. The first-order chi connectivity index (χ1) is 19.1. The van der Waals surface area contributed by atoms with Crippen molar-refractivity contribution < 1.29 is 27.9 Å². The van der Waals surface area contributed by atoms with Crippen LogP contribution in [-0.2, 0) is 6.18 Å². The van der Waals surface area contributed by atoms with Crippen LogP contribution in [-0.4, -0.2) is 28.4 Å². The number of rotatable bonds is 9. The third-order valence-electron chi connectivity index (χ3n) is 6.45. The summed E-state index contributed by atoms with van der Waals surface area (Å²) in [4.78, 5) is 32.4. The van der Waals surface area contributed by atoms with E-state index in [0.29, 0.717) is 20.7 Å². The largest absolute Gasteiger partial charge is 0.478 e. The van der Waals surface area contributed by atoms with E-state index in [1.54, 1.807) is 12.3 Å². The second-order valence-corrected chi connectivity index (χ2v) is 11.0. The molecule has 0 bridgehead atoms. The van der Waals surface area contributed by atoms with Gasteiger partial charge in [-0.25, -0.2) is 4.79 Å². The summed E-state index contributed by atoms with van der Waals surface area (Å²) in [6.07, 6.45) is -0.521. The second-order valence-electron chi connectivity index (χ2n) is 9.40. The van der Waals surface area contributed by atoms with Gasteiger partial charge in [0.05, 0.1) is 23.0 Å². The number of aromatic carboxylic acids is 1. The minimum Gasteiger partial charge on any atom is -0.478 e. The average molecular weight is 583 g/mol. The second kappa shape index (κ2) is 11.3. The van der Waals surface area contributed by atoms with Crippen LogP contribution in [0.5, 0.6) is 0 Å². The minimum atomic E-state index is -4.46. The molecule has 0 aliphatic heterocycles. The van der Waals surface area contributed by atoms with E-state index >= 15 is 0 Å². The molecule has 1 aromatic heterocycles. The van der Waals surface area contributed by atoms with Gasteiger partial charge in [0.1, 0.15) is 5.69 Å². The Morgan fingerprint density at radius 2 is 1.62 bits per heavy atom. The van der Waals surface area contributed by atoms with E-state index < -0.39 is 23.5 Å². The number of hydrogen-bond donors (Lipinski definition) is 1. The number of anilines is 2. The normalized spacial score (nSPS) is 13.2. The summed E-state index contributed by atoms with van der Waals surface area (Å²) in [5.74, 6) is -1.11. The number of nitrogens with zero attached hydrogens (tertiary/aromatic N) is 2. The van der Waals surface area contributed by atoms with Crippen LogP contribution in [0.15, 0.2) is 94.9 Å². The molecule has 40 heavy (non-hydrogen) atoms. The van der Waals surface area contributed by atoms with Gasteiger partial charge in [-0.2, -0.15) is 13.2 Å². The van der Waals surface area contributed by atoms with Crippen LogP contribution in [0.1, 0.15) is 44.8 Å². The molecule has 0 saturated heterocycles. The van der Waals surface area contributed by atoms with E-state index in [4.69, 9.17) is 11.6 Å². The van der Waals surface area contributed by atoms with Crippen molar-refractivity contribution in [2.45, 2.75) is 28.8 Å². The standard InChI is InChI=1S/C30H22ClF3N2O3S/c31-21-6-8-22(9-7-21)36(17-18-1-2-18)23-10-13-26(35-16-23)28(37)19-3-14-27(25(15-19)29(38)39)40-24-11-4-20(5-12-24)30(32,33)34/h3-16,18H,1-2,17H2,(H,38,39). The van der Waals surface area contributed by atoms with Crippen LogP contribution in [0.25, 0.3) is 0 Å². The number of aromatic nitrogens is 1. The van der Waals surface area contributed by atoms with Gasteiger partial charge in [0.2, 0.25) is 5.78 Å². The van der Waals surface area contributed by atoms with Crippen LogP contribution in [0.4, 0.5) is 24.5 Å². The van der Waals surface area contributed by atoms with Crippen molar-refractivity contribution >= 4 is 46.5 Å². The Bertz CT molecular complexity index is 1540. The number of halogens is 4. The van der Waals surface area contributed by atoms with Gasteiger partial charge in [0.25, 0.3) is 0 Å². The molecular formula is C30H22ClF3N2O3S. The van der Waals surface area contributed by atoms with Gasteiger partial charge in [-0.3, -0.25) is 9.78 Å². The molecule has 0 amide bonds. The molecule has 4 aromatic rings. The lowest BCUT2D eigenvalue weighted by atomic mass is 10.0. The van der Waals surface area contributed by atoms with Crippen LogP contribution >= 0.6 is 23.4 Å². The quantitative estimate of drug-likeness (QED) is 0.200. The van der Waals surface area contributed by atoms with E-state index in [1.165, 1.54) is 30.3 Å². The fraction of sp³-hybridized carbons (Fsp3) is 0.167. The Kier molecular flexibility index (Phi) is 7.87. The highest BCUT2D eigenvalue weighted by Gasteiger charge is 2.30. The molecule has 10 heteroatoms. The third-order valence-corrected chi connectivity index (χ3v) is 7.79. The molecule has 1 fully saturated rings. The van der Waals surface area contributed by atoms with Crippen molar-refractivity contribution in [2.75, 3.05) is 11.4 Å². The number of pyridine rings is 1. The van der Waals surface area contributed by atoms with Gasteiger partial charge in [0, 0.05) is 32.6 Å². The molecule has 1 aliphatic rings. The number of alkyl halides is 3. The Labute approximate surface area is 237 Å². The SMILES string of the molecule is O=C(c1ccc(Sc2ccc(C(F)(F)F)cc2)c(C(=O)O)c1)c1ccc(N(CC2CC2)c2ccc(Cl)cc2)cn1. The average Bonchev–Trinajstić information content (AvgIpc) is 3.76. The summed E-state index contributed by atoms with van der Waals surface area (Å²) in [5, 5.41) is 10.4. The topological polar surface area (TPSA) is 70.5 Å². The predicted molar refractivity (Wildman–Crippen MR) is 148 cm³/mol. The highest BCUT2D eigenvalue weighted by Crippen LogP contribution is 2.37. The molecule has 1 N–H and O–H groups in total. The first-order valence-corrected chi connectivity index (χ1v) is 13.5. The van der Waals surface area contributed by atoms with Gasteiger partial charge in [0.15, 0.2) is 0 Å². The lowest BCUT2D eigenvalue weighted by Crippen LogP contribution is -2.20.